The lowest BCUT2D eigenvalue weighted by atomic mass is 10.0. The summed E-state index contributed by atoms with van der Waals surface area (Å²) in [6, 6.07) is 10.4. The highest BCUT2D eigenvalue weighted by Crippen LogP contribution is 2.27. The molecule has 0 saturated carbocycles. The Kier molecular flexibility index (Phi) is 5.64. The van der Waals surface area contributed by atoms with Gasteiger partial charge >= 0.3 is 0 Å². The highest BCUT2D eigenvalue weighted by molar-refractivity contribution is 7.86. The molecule has 0 aliphatic carbocycles. The van der Waals surface area contributed by atoms with Crippen molar-refractivity contribution in [3.05, 3.63) is 54.5 Å². The molecular formula is C20H26N4O2S. The Balaban J connectivity index is 1.88. The van der Waals surface area contributed by atoms with Crippen LogP contribution in [0.1, 0.15) is 12.5 Å². The van der Waals surface area contributed by atoms with E-state index in [4.69, 9.17) is 0 Å². The molecule has 0 radical (unpaired) electrons. The summed E-state index contributed by atoms with van der Waals surface area (Å²) in [5.74, 6) is 0. The van der Waals surface area contributed by atoms with E-state index in [1.807, 2.05) is 26.1 Å². The molecule has 6 nitrogen and oxygen atoms in total. The SMILES string of the molecule is CCN(CCc1cn(C)c2cc(-c3ccncc3)ccc12)S(=O)(=O)N(C)C. The maximum Gasteiger partial charge on any atom is 0.281 e. The second-order valence-corrected chi connectivity index (χ2v) is 8.91. The molecule has 3 aromatic rings. The number of pyridine rings is 1. The van der Waals surface area contributed by atoms with Gasteiger partial charge in [0.25, 0.3) is 10.2 Å². The number of aryl methyl sites for hydroxylation is 1. The van der Waals surface area contributed by atoms with Gasteiger partial charge in [0.2, 0.25) is 0 Å². The Labute approximate surface area is 161 Å². The third kappa shape index (κ3) is 3.90. The first-order valence-corrected chi connectivity index (χ1v) is 10.4. The van der Waals surface area contributed by atoms with Gasteiger partial charge in [0, 0.05) is 63.7 Å². The van der Waals surface area contributed by atoms with Crippen molar-refractivity contribution in [2.45, 2.75) is 13.3 Å². The van der Waals surface area contributed by atoms with E-state index >= 15 is 0 Å². The van der Waals surface area contributed by atoms with Gasteiger partial charge in [-0.2, -0.15) is 17.0 Å². The Morgan fingerprint density at radius 1 is 1.07 bits per heavy atom. The molecule has 0 fully saturated rings. The van der Waals surface area contributed by atoms with Crippen LogP contribution in [0, 0.1) is 0 Å². The molecule has 1 aromatic carbocycles. The standard InChI is InChI=1S/C20H26N4O2S/c1-5-24(27(25,26)22(2)3)13-10-18-15-23(4)20-14-17(6-7-19(18)20)16-8-11-21-12-9-16/h6-9,11-12,14-15H,5,10,13H2,1-4H3. The maximum atomic E-state index is 12.4. The average Bonchev–Trinajstić information content (AvgIpc) is 2.98. The number of benzene rings is 1. The molecule has 0 aliphatic rings. The Morgan fingerprint density at radius 3 is 2.41 bits per heavy atom. The zero-order valence-electron chi connectivity index (χ0n) is 16.3. The first-order chi connectivity index (χ1) is 12.8. The van der Waals surface area contributed by atoms with Crippen molar-refractivity contribution < 1.29 is 8.42 Å². The third-order valence-electron chi connectivity index (χ3n) is 4.86. The monoisotopic (exact) mass is 386 g/mol. The highest BCUT2D eigenvalue weighted by Gasteiger charge is 2.23. The number of hydrogen-bond donors (Lipinski definition) is 0. The first-order valence-electron chi connectivity index (χ1n) is 9.00. The van der Waals surface area contributed by atoms with Crippen molar-refractivity contribution in [2.75, 3.05) is 27.2 Å². The maximum absolute atomic E-state index is 12.4. The Bertz CT molecular complexity index is 1030. The Morgan fingerprint density at radius 2 is 1.78 bits per heavy atom. The summed E-state index contributed by atoms with van der Waals surface area (Å²) in [6.45, 7) is 2.78. The van der Waals surface area contributed by atoms with Crippen LogP contribution in [0.4, 0.5) is 0 Å². The van der Waals surface area contributed by atoms with E-state index in [0.717, 1.165) is 27.6 Å². The van der Waals surface area contributed by atoms with E-state index in [1.165, 1.54) is 8.61 Å². The van der Waals surface area contributed by atoms with E-state index in [2.05, 4.69) is 33.9 Å². The van der Waals surface area contributed by atoms with Crippen LogP contribution in [-0.4, -0.2) is 53.8 Å². The largest absolute Gasteiger partial charge is 0.350 e. The molecule has 0 N–H and O–H groups in total. The molecule has 7 heteroatoms. The van der Waals surface area contributed by atoms with Gasteiger partial charge in [-0.25, -0.2) is 0 Å². The fraction of sp³-hybridized carbons (Fsp3) is 0.350. The fourth-order valence-corrected chi connectivity index (χ4v) is 4.41. The second-order valence-electron chi connectivity index (χ2n) is 6.76. The molecule has 0 unspecified atom stereocenters. The van der Waals surface area contributed by atoms with Crippen LogP contribution in [0.25, 0.3) is 22.0 Å². The highest BCUT2D eigenvalue weighted by atomic mass is 32.2. The van der Waals surface area contributed by atoms with E-state index in [9.17, 15) is 8.42 Å². The molecule has 0 aliphatic heterocycles. The van der Waals surface area contributed by atoms with Crippen molar-refractivity contribution in [1.29, 1.82) is 0 Å². The summed E-state index contributed by atoms with van der Waals surface area (Å²) >= 11 is 0. The molecular weight excluding hydrogens is 360 g/mol. The van der Waals surface area contributed by atoms with E-state index < -0.39 is 10.2 Å². The second kappa shape index (κ2) is 7.80. The Hall–Kier alpha value is -2.22. The minimum Gasteiger partial charge on any atom is -0.350 e. The number of rotatable bonds is 7. The van der Waals surface area contributed by atoms with Crippen molar-refractivity contribution in [1.82, 2.24) is 18.2 Å². The third-order valence-corrected chi connectivity index (χ3v) is 6.87. The van der Waals surface area contributed by atoms with Gasteiger partial charge in [0.15, 0.2) is 0 Å². The summed E-state index contributed by atoms with van der Waals surface area (Å²) in [7, 11) is 1.76. The first kappa shape index (κ1) is 19.5. The number of nitrogens with zero attached hydrogens (tertiary/aromatic N) is 4. The quantitative estimate of drug-likeness (QED) is 0.627. The van der Waals surface area contributed by atoms with E-state index in [-0.39, 0.29) is 0 Å². The van der Waals surface area contributed by atoms with Crippen molar-refractivity contribution in [3.8, 4) is 11.1 Å². The minimum atomic E-state index is -3.39. The fourth-order valence-electron chi connectivity index (χ4n) is 3.30. The van der Waals surface area contributed by atoms with Crippen LogP contribution < -0.4 is 0 Å². The van der Waals surface area contributed by atoms with E-state index in [1.54, 1.807) is 26.5 Å². The van der Waals surface area contributed by atoms with Crippen LogP contribution in [0.3, 0.4) is 0 Å². The van der Waals surface area contributed by atoms with Gasteiger partial charge in [0.05, 0.1) is 0 Å². The van der Waals surface area contributed by atoms with Crippen molar-refractivity contribution in [2.24, 2.45) is 7.05 Å². The zero-order valence-corrected chi connectivity index (χ0v) is 17.1. The van der Waals surface area contributed by atoms with E-state index in [0.29, 0.717) is 19.5 Å². The molecule has 3 rings (SSSR count). The van der Waals surface area contributed by atoms with Gasteiger partial charge in [-0.15, -0.1) is 0 Å². The molecule has 0 bridgehead atoms. The molecule has 0 saturated heterocycles. The topological polar surface area (TPSA) is 58.4 Å². The lowest BCUT2D eigenvalue weighted by molar-refractivity contribution is 0.389. The summed E-state index contributed by atoms with van der Waals surface area (Å²) in [5, 5.41) is 1.16. The molecule has 2 heterocycles. The normalized spacial score (nSPS) is 12.4. The lowest BCUT2D eigenvalue weighted by Crippen LogP contribution is -2.40. The van der Waals surface area contributed by atoms with Crippen LogP contribution in [0.2, 0.25) is 0 Å². The van der Waals surface area contributed by atoms with Gasteiger partial charge in [-0.1, -0.05) is 19.1 Å². The summed E-state index contributed by atoms with van der Waals surface area (Å²) in [6.07, 6.45) is 6.35. The van der Waals surface area contributed by atoms with Crippen molar-refractivity contribution >= 4 is 21.1 Å². The molecule has 0 atom stereocenters. The van der Waals surface area contributed by atoms with Crippen LogP contribution in [0.15, 0.2) is 48.9 Å². The number of aromatic nitrogens is 2. The molecule has 2 aromatic heterocycles. The van der Waals surface area contributed by atoms with Gasteiger partial charge in [-0.05, 0) is 41.3 Å². The molecule has 144 valence electrons. The lowest BCUT2D eigenvalue weighted by Gasteiger charge is -2.23. The zero-order chi connectivity index (χ0) is 19.6. The number of hydrogen-bond acceptors (Lipinski definition) is 3. The van der Waals surface area contributed by atoms with Crippen molar-refractivity contribution in [3.63, 3.8) is 0 Å². The van der Waals surface area contributed by atoms with Crippen LogP contribution in [0.5, 0.6) is 0 Å². The molecule has 27 heavy (non-hydrogen) atoms. The van der Waals surface area contributed by atoms with Gasteiger partial charge < -0.3 is 4.57 Å². The van der Waals surface area contributed by atoms with Gasteiger partial charge in [-0.3, -0.25) is 4.98 Å². The summed E-state index contributed by atoms with van der Waals surface area (Å²) in [4.78, 5) is 4.07. The number of likely N-dealkylation sites (N-methyl/N-ethyl adjacent to an activating group) is 1. The van der Waals surface area contributed by atoms with Crippen LogP contribution in [-0.2, 0) is 23.7 Å². The summed E-state index contributed by atoms with van der Waals surface area (Å²) < 4.78 is 29.7. The molecule has 0 spiro atoms. The predicted octanol–water partition coefficient (Wildman–Crippen LogP) is 2.91. The van der Waals surface area contributed by atoms with Gasteiger partial charge in [0.1, 0.15) is 0 Å². The summed E-state index contributed by atoms with van der Waals surface area (Å²) in [5.41, 5.74) is 4.56. The molecule has 0 amide bonds. The predicted molar refractivity (Wildman–Crippen MR) is 110 cm³/mol. The van der Waals surface area contributed by atoms with Crippen LogP contribution >= 0.6 is 0 Å². The smallest absolute Gasteiger partial charge is 0.281 e. The minimum absolute atomic E-state index is 0.456. The average molecular weight is 387 g/mol. The number of fused-ring (bicyclic) bond motifs is 1.